The zero-order valence-corrected chi connectivity index (χ0v) is 14.0. The van der Waals surface area contributed by atoms with Crippen molar-refractivity contribution in [3.63, 3.8) is 0 Å². The predicted molar refractivity (Wildman–Crippen MR) is 87.8 cm³/mol. The molecule has 3 aromatic rings. The number of rotatable bonds is 4. The van der Waals surface area contributed by atoms with Gasteiger partial charge in [0, 0.05) is 5.56 Å². The molecule has 0 N–H and O–H groups in total. The van der Waals surface area contributed by atoms with Crippen LogP contribution in [0.1, 0.15) is 36.8 Å². The summed E-state index contributed by atoms with van der Waals surface area (Å²) in [5.74, 6) is -4.23. The second kappa shape index (κ2) is 6.65. The van der Waals surface area contributed by atoms with Crippen LogP contribution < -0.4 is 0 Å². The average Bonchev–Trinajstić information content (AvgIpc) is 3.24. The van der Waals surface area contributed by atoms with Crippen molar-refractivity contribution in [3.8, 4) is 0 Å². The van der Waals surface area contributed by atoms with Gasteiger partial charge in [-0.2, -0.15) is 0 Å². The van der Waals surface area contributed by atoms with Crippen LogP contribution in [-0.2, 0) is 11.4 Å². The fraction of sp³-hybridized carbons (Fsp3) is 0.0556. The molecule has 1 aliphatic rings. The summed E-state index contributed by atoms with van der Waals surface area (Å²) < 4.78 is 28.5. The molecule has 10 heteroatoms. The van der Waals surface area contributed by atoms with E-state index in [4.69, 9.17) is 4.84 Å². The lowest BCUT2D eigenvalue weighted by atomic mass is 10.1. The first kappa shape index (κ1) is 17.5. The fourth-order valence-electron chi connectivity index (χ4n) is 2.69. The van der Waals surface area contributed by atoms with Crippen molar-refractivity contribution in [1.82, 2.24) is 20.1 Å². The Bertz CT molecular complexity index is 1070. The SMILES string of the molecule is O=C(ON1C(=O)c2ccccc2C1=O)c1cn(Cc2c(F)cccc2F)nn1. The maximum absolute atomic E-state index is 13.7. The summed E-state index contributed by atoms with van der Waals surface area (Å²) in [7, 11) is 0. The summed E-state index contributed by atoms with van der Waals surface area (Å²) in [5, 5.41) is 7.50. The molecule has 0 unspecified atom stereocenters. The van der Waals surface area contributed by atoms with Crippen LogP contribution in [0.5, 0.6) is 0 Å². The highest BCUT2D eigenvalue weighted by atomic mass is 19.1. The van der Waals surface area contributed by atoms with Crippen molar-refractivity contribution in [2.75, 3.05) is 0 Å². The number of fused-ring (bicyclic) bond motifs is 1. The Morgan fingerprint density at radius 2 is 1.57 bits per heavy atom. The molecule has 1 aromatic heterocycles. The van der Waals surface area contributed by atoms with E-state index in [0.717, 1.165) is 23.0 Å². The monoisotopic (exact) mass is 384 g/mol. The maximum atomic E-state index is 13.7. The molecule has 0 atom stereocenters. The normalized spacial score (nSPS) is 13.0. The van der Waals surface area contributed by atoms with E-state index in [1.165, 1.54) is 18.2 Å². The fourth-order valence-corrected chi connectivity index (χ4v) is 2.69. The van der Waals surface area contributed by atoms with Gasteiger partial charge in [-0.1, -0.05) is 28.5 Å². The van der Waals surface area contributed by atoms with E-state index >= 15 is 0 Å². The lowest BCUT2D eigenvalue weighted by Crippen LogP contribution is -2.32. The Balaban J connectivity index is 1.50. The minimum Gasteiger partial charge on any atom is -0.322 e. The Kier molecular flexibility index (Phi) is 4.15. The second-order valence-corrected chi connectivity index (χ2v) is 5.83. The van der Waals surface area contributed by atoms with Crippen LogP contribution in [0.4, 0.5) is 8.78 Å². The van der Waals surface area contributed by atoms with E-state index in [1.54, 1.807) is 12.1 Å². The van der Waals surface area contributed by atoms with Gasteiger partial charge in [0.05, 0.1) is 23.9 Å². The Morgan fingerprint density at radius 1 is 0.964 bits per heavy atom. The highest BCUT2D eigenvalue weighted by Gasteiger charge is 2.39. The second-order valence-electron chi connectivity index (χ2n) is 5.83. The minimum atomic E-state index is -1.12. The van der Waals surface area contributed by atoms with E-state index < -0.39 is 29.4 Å². The van der Waals surface area contributed by atoms with E-state index in [1.807, 2.05) is 0 Å². The highest BCUT2D eigenvalue weighted by Crippen LogP contribution is 2.23. The van der Waals surface area contributed by atoms with Gasteiger partial charge in [0.2, 0.25) is 0 Å². The summed E-state index contributed by atoms with van der Waals surface area (Å²) in [6.45, 7) is -0.314. The third-order valence-corrected chi connectivity index (χ3v) is 4.06. The van der Waals surface area contributed by atoms with Crippen molar-refractivity contribution in [2.24, 2.45) is 0 Å². The first-order valence-electron chi connectivity index (χ1n) is 7.99. The molecule has 0 saturated carbocycles. The summed E-state index contributed by atoms with van der Waals surface area (Å²) in [5.41, 5.74) is -0.376. The molecule has 0 spiro atoms. The number of halogens is 2. The minimum absolute atomic E-state index is 0.110. The Hall–Kier alpha value is -3.95. The molecule has 28 heavy (non-hydrogen) atoms. The van der Waals surface area contributed by atoms with Crippen LogP contribution in [0.3, 0.4) is 0 Å². The van der Waals surface area contributed by atoms with Crippen LogP contribution in [-0.4, -0.2) is 37.8 Å². The van der Waals surface area contributed by atoms with Crippen LogP contribution in [0.15, 0.2) is 48.7 Å². The number of aromatic nitrogens is 3. The highest BCUT2D eigenvalue weighted by molar-refractivity contribution is 6.21. The van der Waals surface area contributed by atoms with E-state index in [9.17, 15) is 23.2 Å². The van der Waals surface area contributed by atoms with Crippen molar-refractivity contribution in [3.05, 3.63) is 82.7 Å². The van der Waals surface area contributed by atoms with Crippen LogP contribution in [0.25, 0.3) is 0 Å². The molecular weight excluding hydrogens is 374 g/mol. The zero-order chi connectivity index (χ0) is 19.8. The molecule has 140 valence electrons. The molecule has 0 saturated heterocycles. The predicted octanol–water partition coefficient (Wildman–Crippen LogP) is 1.97. The van der Waals surface area contributed by atoms with Gasteiger partial charge in [0.1, 0.15) is 11.6 Å². The molecule has 4 rings (SSSR count). The van der Waals surface area contributed by atoms with Gasteiger partial charge in [0.15, 0.2) is 5.69 Å². The number of benzene rings is 2. The average molecular weight is 384 g/mol. The number of carbonyl (C=O) groups excluding carboxylic acids is 3. The van der Waals surface area contributed by atoms with Crippen LogP contribution >= 0.6 is 0 Å². The van der Waals surface area contributed by atoms with Gasteiger partial charge in [-0.15, -0.1) is 5.10 Å². The first-order valence-corrected chi connectivity index (χ1v) is 7.99. The lowest BCUT2D eigenvalue weighted by Gasteiger charge is -2.11. The summed E-state index contributed by atoms with van der Waals surface area (Å²) >= 11 is 0. The van der Waals surface area contributed by atoms with Crippen molar-refractivity contribution in [1.29, 1.82) is 0 Å². The number of amides is 2. The molecule has 8 nitrogen and oxygen atoms in total. The third-order valence-electron chi connectivity index (χ3n) is 4.06. The van der Waals surface area contributed by atoms with E-state index in [2.05, 4.69) is 10.3 Å². The summed E-state index contributed by atoms with van der Waals surface area (Å²) in [4.78, 5) is 41.5. The van der Waals surface area contributed by atoms with Gasteiger partial charge in [-0.05, 0) is 24.3 Å². The number of hydrogen-bond donors (Lipinski definition) is 0. The maximum Gasteiger partial charge on any atom is 0.385 e. The molecule has 0 fully saturated rings. The standard InChI is InChI=1S/C18H10F2N4O4/c19-13-6-3-7-14(20)12(13)8-23-9-15(21-22-23)18(27)28-24-16(25)10-4-1-2-5-11(10)17(24)26/h1-7,9H,8H2. The number of nitrogens with zero attached hydrogens (tertiary/aromatic N) is 4. The van der Waals surface area contributed by atoms with E-state index in [0.29, 0.717) is 5.06 Å². The summed E-state index contributed by atoms with van der Waals surface area (Å²) in [6, 6.07) is 9.41. The Morgan fingerprint density at radius 3 is 2.18 bits per heavy atom. The topological polar surface area (TPSA) is 94.4 Å². The summed E-state index contributed by atoms with van der Waals surface area (Å²) in [6.07, 6.45) is 1.09. The molecule has 2 aromatic carbocycles. The van der Waals surface area contributed by atoms with E-state index in [-0.39, 0.29) is 28.9 Å². The third kappa shape index (κ3) is 2.90. The number of hydroxylamine groups is 2. The first-order chi connectivity index (χ1) is 13.5. The lowest BCUT2D eigenvalue weighted by molar-refractivity contribution is -0.0588. The molecule has 2 amide bonds. The molecule has 0 bridgehead atoms. The smallest absolute Gasteiger partial charge is 0.322 e. The Labute approximate surface area is 155 Å². The van der Waals surface area contributed by atoms with Crippen molar-refractivity contribution >= 4 is 17.8 Å². The van der Waals surface area contributed by atoms with Gasteiger partial charge in [-0.25, -0.2) is 18.3 Å². The van der Waals surface area contributed by atoms with Crippen molar-refractivity contribution < 1.29 is 28.0 Å². The largest absolute Gasteiger partial charge is 0.385 e. The molecule has 0 aliphatic carbocycles. The van der Waals surface area contributed by atoms with Crippen molar-refractivity contribution in [2.45, 2.75) is 6.54 Å². The number of carbonyl (C=O) groups is 3. The molecular formula is C18H10F2N4O4. The van der Waals surface area contributed by atoms with Gasteiger partial charge in [0.25, 0.3) is 11.8 Å². The molecule has 1 aliphatic heterocycles. The van der Waals surface area contributed by atoms with Gasteiger partial charge in [-0.3, -0.25) is 9.59 Å². The van der Waals surface area contributed by atoms with Crippen LogP contribution in [0.2, 0.25) is 0 Å². The zero-order valence-electron chi connectivity index (χ0n) is 14.0. The number of imide groups is 1. The van der Waals surface area contributed by atoms with Gasteiger partial charge >= 0.3 is 5.97 Å². The molecule has 0 radical (unpaired) electrons. The van der Waals surface area contributed by atoms with Gasteiger partial charge < -0.3 is 4.84 Å². The molecule has 2 heterocycles. The number of hydrogen-bond acceptors (Lipinski definition) is 6. The quantitative estimate of drug-likeness (QED) is 0.639. The van der Waals surface area contributed by atoms with Crippen LogP contribution in [0, 0.1) is 11.6 Å².